The Balaban J connectivity index is 1.92. The number of hydrogen-bond acceptors (Lipinski definition) is 1. The lowest BCUT2D eigenvalue weighted by Gasteiger charge is -2.34. The van der Waals surface area contributed by atoms with Crippen LogP contribution in [0.5, 0.6) is 0 Å². The van der Waals surface area contributed by atoms with Gasteiger partial charge in [0.15, 0.2) is 0 Å². The maximum atomic E-state index is 3.59. The molecule has 1 heteroatoms. The zero-order chi connectivity index (χ0) is 11.5. The van der Waals surface area contributed by atoms with Crippen LogP contribution in [0.15, 0.2) is 24.3 Å². The highest BCUT2D eigenvalue weighted by Gasteiger charge is 2.24. The van der Waals surface area contributed by atoms with Crippen molar-refractivity contribution in [1.29, 1.82) is 0 Å². The van der Waals surface area contributed by atoms with Crippen LogP contribution in [-0.4, -0.2) is 6.04 Å². The fraction of sp³-hybridized carbons (Fsp3) is 0.600. The lowest BCUT2D eigenvalue weighted by molar-refractivity contribution is 0.309. The summed E-state index contributed by atoms with van der Waals surface area (Å²) in [6.07, 6.45) is 3.87. The minimum Gasteiger partial charge on any atom is -0.382 e. The zero-order valence-electron chi connectivity index (χ0n) is 10.7. The summed E-state index contributed by atoms with van der Waals surface area (Å²) < 4.78 is 0. The van der Waals surface area contributed by atoms with E-state index in [0.29, 0.717) is 12.0 Å². The van der Waals surface area contributed by atoms with Gasteiger partial charge in [-0.15, -0.1) is 0 Å². The van der Waals surface area contributed by atoms with Crippen molar-refractivity contribution < 1.29 is 0 Å². The SMILES string of the molecule is CCC(C)c1ccc(NC2CC(C)C2)cc1. The van der Waals surface area contributed by atoms with Gasteiger partial charge in [-0.05, 0) is 48.8 Å². The lowest BCUT2D eigenvalue weighted by Crippen LogP contribution is -2.33. The Hall–Kier alpha value is -0.980. The molecule has 1 aliphatic rings. The maximum Gasteiger partial charge on any atom is 0.0342 e. The van der Waals surface area contributed by atoms with Crippen LogP contribution in [0.4, 0.5) is 5.69 Å². The predicted octanol–water partition coefficient (Wildman–Crippen LogP) is 4.41. The quantitative estimate of drug-likeness (QED) is 0.787. The van der Waals surface area contributed by atoms with Gasteiger partial charge in [-0.25, -0.2) is 0 Å². The second-order valence-electron chi connectivity index (χ2n) is 5.35. The molecule has 0 bridgehead atoms. The number of hydrogen-bond donors (Lipinski definition) is 1. The fourth-order valence-electron chi connectivity index (χ4n) is 2.40. The molecular formula is C15H23N. The number of anilines is 1. The average molecular weight is 217 g/mol. The van der Waals surface area contributed by atoms with E-state index in [1.807, 2.05) is 0 Å². The van der Waals surface area contributed by atoms with Gasteiger partial charge < -0.3 is 5.32 Å². The minimum atomic E-state index is 0.678. The highest BCUT2D eigenvalue weighted by Crippen LogP contribution is 2.30. The molecule has 0 saturated heterocycles. The molecule has 0 amide bonds. The molecule has 1 saturated carbocycles. The van der Waals surface area contributed by atoms with Gasteiger partial charge in [-0.1, -0.05) is 32.9 Å². The summed E-state index contributed by atoms with van der Waals surface area (Å²) in [4.78, 5) is 0. The van der Waals surface area contributed by atoms with Crippen molar-refractivity contribution in [3.05, 3.63) is 29.8 Å². The molecule has 1 aromatic rings. The lowest BCUT2D eigenvalue weighted by atomic mass is 9.82. The first-order valence-corrected chi connectivity index (χ1v) is 6.55. The van der Waals surface area contributed by atoms with Gasteiger partial charge in [0.25, 0.3) is 0 Å². The van der Waals surface area contributed by atoms with Crippen LogP contribution < -0.4 is 5.32 Å². The summed E-state index contributed by atoms with van der Waals surface area (Å²) >= 11 is 0. The molecule has 1 unspecified atom stereocenters. The molecule has 0 radical (unpaired) electrons. The van der Waals surface area contributed by atoms with E-state index in [4.69, 9.17) is 0 Å². The first-order chi connectivity index (χ1) is 7.69. The second kappa shape index (κ2) is 4.90. The molecule has 1 nitrogen and oxygen atoms in total. The molecule has 1 fully saturated rings. The van der Waals surface area contributed by atoms with E-state index >= 15 is 0 Å². The molecule has 0 aromatic heterocycles. The smallest absolute Gasteiger partial charge is 0.0342 e. The van der Waals surface area contributed by atoms with Crippen LogP contribution in [0.25, 0.3) is 0 Å². The number of benzene rings is 1. The van der Waals surface area contributed by atoms with Gasteiger partial charge in [0.2, 0.25) is 0 Å². The first-order valence-electron chi connectivity index (χ1n) is 6.55. The van der Waals surface area contributed by atoms with Gasteiger partial charge in [0.05, 0.1) is 0 Å². The Morgan fingerprint density at radius 2 is 1.88 bits per heavy atom. The summed E-state index contributed by atoms with van der Waals surface area (Å²) in [5.41, 5.74) is 2.74. The minimum absolute atomic E-state index is 0.678. The largest absolute Gasteiger partial charge is 0.382 e. The molecule has 0 aliphatic heterocycles. The molecule has 1 aliphatic carbocycles. The van der Waals surface area contributed by atoms with E-state index in [1.54, 1.807) is 0 Å². The third-order valence-electron chi connectivity index (χ3n) is 3.84. The van der Waals surface area contributed by atoms with E-state index in [0.717, 1.165) is 5.92 Å². The number of rotatable bonds is 4. The van der Waals surface area contributed by atoms with Gasteiger partial charge in [-0.3, -0.25) is 0 Å². The van der Waals surface area contributed by atoms with Crippen LogP contribution in [0, 0.1) is 5.92 Å². The summed E-state index contributed by atoms with van der Waals surface area (Å²) in [6, 6.07) is 9.69. The van der Waals surface area contributed by atoms with Crippen molar-refractivity contribution in [3.8, 4) is 0 Å². The standard InChI is InChI=1S/C15H23N/c1-4-12(3)13-5-7-14(8-6-13)16-15-9-11(2)10-15/h5-8,11-12,15-16H,4,9-10H2,1-3H3. The van der Waals surface area contributed by atoms with E-state index in [1.165, 1.54) is 30.5 Å². The van der Waals surface area contributed by atoms with Crippen LogP contribution >= 0.6 is 0 Å². The van der Waals surface area contributed by atoms with Crippen molar-refractivity contribution in [3.63, 3.8) is 0 Å². The van der Waals surface area contributed by atoms with Crippen LogP contribution in [0.3, 0.4) is 0 Å². The van der Waals surface area contributed by atoms with Crippen molar-refractivity contribution in [2.24, 2.45) is 5.92 Å². The third kappa shape index (κ3) is 2.58. The monoisotopic (exact) mass is 217 g/mol. The van der Waals surface area contributed by atoms with E-state index < -0.39 is 0 Å². The topological polar surface area (TPSA) is 12.0 Å². The second-order valence-corrected chi connectivity index (χ2v) is 5.35. The Morgan fingerprint density at radius 1 is 1.25 bits per heavy atom. The maximum absolute atomic E-state index is 3.59. The van der Waals surface area contributed by atoms with Gasteiger partial charge in [0.1, 0.15) is 0 Å². The Kier molecular flexibility index (Phi) is 3.52. The van der Waals surface area contributed by atoms with Crippen LogP contribution in [-0.2, 0) is 0 Å². The van der Waals surface area contributed by atoms with Crippen LogP contribution in [0.1, 0.15) is 51.5 Å². The van der Waals surface area contributed by atoms with Crippen molar-refractivity contribution in [1.82, 2.24) is 0 Å². The zero-order valence-corrected chi connectivity index (χ0v) is 10.7. The Labute approximate surface area is 99.3 Å². The Morgan fingerprint density at radius 3 is 2.38 bits per heavy atom. The van der Waals surface area contributed by atoms with Crippen molar-refractivity contribution >= 4 is 5.69 Å². The molecule has 0 spiro atoms. The highest BCUT2D eigenvalue weighted by molar-refractivity contribution is 5.46. The van der Waals surface area contributed by atoms with Crippen LogP contribution in [0.2, 0.25) is 0 Å². The molecule has 1 aromatic carbocycles. The first kappa shape index (κ1) is 11.5. The van der Waals surface area contributed by atoms with E-state index in [9.17, 15) is 0 Å². The molecule has 88 valence electrons. The summed E-state index contributed by atoms with van der Waals surface area (Å²) in [6.45, 7) is 6.85. The fourth-order valence-corrected chi connectivity index (χ4v) is 2.40. The molecule has 1 N–H and O–H groups in total. The van der Waals surface area contributed by atoms with Crippen molar-refractivity contribution in [2.75, 3.05) is 5.32 Å². The van der Waals surface area contributed by atoms with E-state index in [-0.39, 0.29) is 0 Å². The van der Waals surface area contributed by atoms with Crippen molar-refractivity contribution in [2.45, 2.75) is 52.0 Å². The molecular weight excluding hydrogens is 194 g/mol. The summed E-state index contributed by atoms with van der Waals surface area (Å²) in [5.74, 6) is 1.59. The third-order valence-corrected chi connectivity index (χ3v) is 3.84. The average Bonchev–Trinajstić information content (AvgIpc) is 2.27. The molecule has 2 rings (SSSR count). The molecule has 0 heterocycles. The van der Waals surface area contributed by atoms with Gasteiger partial charge in [0, 0.05) is 11.7 Å². The molecule has 1 atom stereocenters. The van der Waals surface area contributed by atoms with Gasteiger partial charge in [-0.2, -0.15) is 0 Å². The summed E-state index contributed by atoms with van der Waals surface area (Å²) in [7, 11) is 0. The summed E-state index contributed by atoms with van der Waals surface area (Å²) in [5, 5.41) is 3.59. The molecule has 16 heavy (non-hydrogen) atoms. The van der Waals surface area contributed by atoms with E-state index in [2.05, 4.69) is 50.4 Å². The normalized spacial score (nSPS) is 25.9. The Bertz CT molecular complexity index is 322. The predicted molar refractivity (Wildman–Crippen MR) is 71.0 cm³/mol. The highest BCUT2D eigenvalue weighted by atomic mass is 14.9. The van der Waals surface area contributed by atoms with Gasteiger partial charge >= 0.3 is 0 Å². The number of nitrogens with one attached hydrogen (secondary N) is 1.